The van der Waals surface area contributed by atoms with E-state index in [1.165, 1.54) is 85.3 Å². The van der Waals surface area contributed by atoms with Crippen LogP contribution in [0.15, 0.2) is 225 Å². The number of nitrogens with one attached hydrogen (secondary N) is 11. The molecule has 1 aliphatic heterocycles. The highest BCUT2D eigenvalue weighted by Crippen LogP contribution is 2.35. The van der Waals surface area contributed by atoms with E-state index >= 15 is 0 Å². The molecule has 30 nitrogen and oxygen atoms in total. The minimum absolute atomic E-state index is 0.0328. The normalized spacial score (nSPS) is 14.1. The second kappa shape index (κ2) is 64.3. The number of hydrogen-bond donors (Lipinski definition) is 11. The Kier molecular flexibility index (Phi) is 52.0. The van der Waals surface area contributed by atoms with Gasteiger partial charge in [0.2, 0.25) is 0 Å². The fourth-order valence-electron chi connectivity index (χ4n) is 12.9. The number of carbonyl (C=O) groups is 9. The van der Waals surface area contributed by atoms with E-state index in [-0.39, 0.29) is 55.2 Å². The highest BCUT2D eigenvalue weighted by Gasteiger charge is 2.31. The van der Waals surface area contributed by atoms with Gasteiger partial charge in [-0.15, -0.1) is 0 Å². The number of aromatic nitrogens is 1. The molecule has 9 aromatic rings. The van der Waals surface area contributed by atoms with E-state index in [1.54, 1.807) is 12.3 Å². The number of anilines is 9. The van der Waals surface area contributed by atoms with Crippen molar-refractivity contribution in [3.8, 4) is 0 Å². The van der Waals surface area contributed by atoms with Crippen LogP contribution in [-0.2, 0) is 37.9 Å². The number of carbonyl (C=O) groups excluding carboxylic acids is 9. The summed E-state index contributed by atoms with van der Waals surface area (Å²) in [5.41, 5.74) is 16.7. The molecule has 1 aromatic heterocycles. The number of benzene rings is 8. The Morgan fingerprint density at radius 3 is 1.09 bits per heavy atom. The Labute approximate surface area is 833 Å². The summed E-state index contributed by atoms with van der Waals surface area (Å²) >= 11 is 0. The van der Waals surface area contributed by atoms with Gasteiger partial charge < -0.3 is 59.2 Å². The lowest BCUT2D eigenvalue weighted by Gasteiger charge is -2.26. The number of nitrogens with zero attached hydrogens (tertiary/aromatic N) is 2. The van der Waals surface area contributed by atoms with Gasteiger partial charge in [0.15, 0.2) is 0 Å². The number of morpholine rings is 1. The molecule has 0 spiro atoms. The molecule has 30 heteroatoms. The molecular formula is C111H149N13O17. The minimum atomic E-state index is -0.464. The molecule has 11 N–H and O–H groups in total. The molecule has 2 atom stereocenters. The Hall–Kier alpha value is -14.0. The summed E-state index contributed by atoms with van der Waals surface area (Å²) in [6.45, 7) is 37.7. The highest BCUT2D eigenvalue weighted by molar-refractivity contribution is 5.91. The minimum Gasteiger partial charge on any atom is -0.449 e. The Morgan fingerprint density at radius 2 is 0.745 bits per heavy atom. The van der Waals surface area contributed by atoms with Crippen LogP contribution in [0.5, 0.6) is 0 Å². The van der Waals surface area contributed by atoms with Crippen LogP contribution in [0.1, 0.15) is 181 Å². The molecule has 6 fully saturated rings. The number of rotatable bonds is 26. The summed E-state index contributed by atoms with van der Waals surface area (Å²) in [6, 6.07) is 65.2. The van der Waals surface area contributed by atoms with Crippen molar-refractivity contribution in [2.24, 2.45) is 23.7 Å². The van der Waals surface area contributed by atoms with Crippen LogP contribution in [0.3, 0.4) is 0 Å². The van der Waals surface area contributed by atoms with Gasteiger partial charge in [-0.25, -0.2) is 48.1 Å². The van der Waals surface area contributed by atoms with E-state index in [9.17, 15) is 43.2 Å². The molecule has 6 aliphatic rings. The third-order valence-corrected chi connectivity index (χ3v) is 22.6. The number of hydrogen-bond acceptors (Lipinski definition) is 19. The largest absolute Gasteiger partial charge is 0.449 e. The first-order valence-corrected chi connectivity index (χ1v) is 48.9. The van der Waals surface area contributed by atoms with Gasteiger partial charge in [0.05, 0.1) is 33.0 Å². The van der Waals surface area contributed by atoms with Crippen molar-refractivity contribution in [3.63, 3.8) is 0 Å². The monoisotopic (exact) mass is 1940 g/mol. The van der Waals surface area contributed by atoms with Crippen LogP contribution in [0.4, 0.5) is 94.5 Å². The van der Waals surface area contributed by atoms with E-state index in [0.29, 0.717) is 62.0 Å². The van der Waals surface area contributed by atoms with Crippen LogP contribution in [0.25, 0.3) is 0 Å². The van der Waals surface area contributed by atoms with Crippen molar-refractivity contribution in [2.75, 3.05) is 114 Å². The maximum Gasteiger partial charge on any atom is 0.413 e. The molecule has 2 heterocycles. The zero-order chi connectivity index (χ0) is 102. The predicted octanol–water partition coefficient (Wildman–Crippen LogP) is 25.9. The number of aryl methyl sites for hydroxylation is 9. The number of pyridine rings is 1. The van der Waals surface area contributed by atoms with Gasteiger partial charge in [0, 0.05) is 83.4 Å². The van der Waals surface area contributed by atoms with Crippen molar-refractivity contribution in [2.45, 2.75) is 218 Å². The molecule has 2 unspecified atom stereocenters. The third-order valence-electron chi connectivity index (χ3n) is 22.6. The standard InChI is InChI=1S/C14H20N2O3.2C13H17NO2.C12H16N2O2.C12H16N2O.C12H18N2O.C12H15NO2.C12H17NO2.C11H13NO2/c1-12-2-4-13(5-3-12)15-14(17)19-11-8-16-6-9-18-10-7-16;1-9-3-7-12(8-4-9)14-13(15)16-10(2)11-5-6-11;1-10-5-7-12(8-6-10)14-13(15)16-9-11-3-2-4-11;1-9-6-7-11(13-8-9)14-12(15)16-10-4-2-3-5-10;1-9-5-7-11(8-6-9)14-12(15)13-10-3-2-4-10;1-4-10(3)13-12(15)14-11-7-5-9(2)6-8-11;1-9-2-6-11(7-3-9)13-12(14)15-8-10-4-5-10;1-9(2)8-15-12(14)13-11-6-4-10(3)5-7-11;1-3-8-14-11(13)12-10-6-4-9(2)5-7-10/h2-5H,6-11H2,1H3,(H,15,17);3-4,7-8,10-11H,5-6H2,1-2H3,(H,14,15);5-8,11H,2-4,9H2,1H3,(H,14,15);6-8,10H,2-5H2,1H3,(H,13,14,15);5-8,10H,2-4H2,1H3,(H2,13,14,15);5-8,10H,4H2,1-3H3,(H2,13,14,15);2-3,6-7,10H,4-5,8H2,1H3,(H,13,14);4-7,9H,8H2,1-3H3,(H,13,14);3-7H,1,8H2,2H3,(H,12,13). The summed E-state index contributed by atoms with van der Waals surface area (Å²) < 4.78 is 40.8. The van der Waals surface area contributed by atoms with E-state index in [2.05, 4.69) is 74.9 Å². The van der Waals surface area contributed by atoms with Gasteiger partial charge in [0.25, 0.3) is 0 Å². The lowest BCUT2D eigenvalue weighted by molar-refractivity contribution is 0.0290. The van der Waals surface area contributed by atoms with Crippen LogP contribution in [-0.4, -0.2) is 155 Å². The number of urea groups is 2. The van der Waals surface area contributed by atoms with E-state index < -0.39 is 24.4 Å². The average molecular weight is 1940 g/mol. The number of ether oxygens (including phenoxy) is 8. The first-order chi connectivity index (χ1) is 67.7. The molecule has 11 amide bonds. The Bertz CT molecular complexity index is 4980. The topological polar surface area (TPSA) is 376 Å². The number of amides is 11. The predicted molar refractivity (Wildman–Crippen MR) is 562 cm³/mol. The second-order valence-electron chi connectivity index (χ2n) is 36.3. The van der Waals surface area contributed by atoms with E-state index in [4.69, 9.17) is 37.9 Å². The van der Waals surface area contributed by atoms with Crippen LogP contribution in [0.2, 0.25) is 0 Å². The van der Waals surface area contributed by atoms with Gasteiger partial charge in [-0.2, -0.15) is 0 Å². The Morgan fingerprint density at radius 1 is 0.390 bits per heavy atom. The molecule has 1 saturated heterocycles. The van der Waals surface area contributed by atoms with Gasteiger partial charge >= 0.3 is 54.7 Å². The van der Waals surface area contributed by atoms with Crippen molar-refractivity contribution in [1.82, 2.24) is 20.5 Å². The fourth-order valence-corrected chi connectivity index (χ4v) is 12.9. The zero-order valence-corrected chi connectivity index (χ0v) is 84.6. The quantitative estimate of drug-likeness (QED) is 0.0177. The first-order valence-electron chi connectivity index (χ1n) is 48.9. The second-order valence-corrected chi connectivity index (χ2v) is 36.3. The fraction of sp³-hybridized carbons (Fsp3) is 0.423. The van der Waals surface area contributed by atoms with Crippen molar-refractivity contribution in [3.05, 3.63) is 275 Å². The van der Waals surface area contributed by atoms with Crippen LogP contribution in [0, 0.1) is 86.0 Å². The Balaban J connectivity index is 0.000000216. The molecular weight excluding hydrogens is 1790 g/mol. The van der Waals surface area contributed by atoms with Crippen molar-refractivity contribution in [1.29, 1.82) is 0 Å². The SMILES string of the molecule is C=CCOC(=O)Nc1ccc(C)cc1.CCC(C)NC(=O)Nc1ccc(C)cc1.Cc1ccc(NC(=O)NC2CCC2)cc1.Cc1ccc(NC(=O)OC(C)C2CC2)cc1.Cc1ccc(NC(=O)OC2CCCC2)nc1.Cc1ccc(NC(=O)OCC(C)C)cc1.Cc1ccc(NC(=O)OCC2CC2)cc1.Cc1ccc(NC(=O)OCC2CCC2)cc1.Cc1ccc(NC(=O)OCCN2CCOCC2)cc1. The summed E-state index contributed by atoms with van der Waals surface area (Å²) in [5, 5.41) is 30.1. The van der Waals surface area contributed by atoms with Gasteiger partial charge in [-0.3, -0.25) is 42.1 Å². The van der Waals surface area contributed by atoms with Gasteiger partial charge in [-0.05, 0) is 298 Å². The summed E-state index contributed by atoms with van der Waals surface area (Å²) in [5.74, 6) is 2.66. The van der Waals surface area contributed by atoms with E-state index in [0.717, 1.165) is 146 Å². The maximum absolute atomic E-state index is 11.6. The lowest BCUT2D eigenvalue weighted by Crippen LogP contribution is -2.41. The molecule has 8 aromatic carbocycles. The van der Waals surface area contributed by atoms with Crippen LogP contribution >= 0.6 is 0 Å². The van der Waals surface area contributed by atoms with Crippen LogP contribution < -0.4 is 58.5 Å². The molecule has 0 bridgehead atoms. The molecule has 0 radical (unpaired) electrons. The molecule has 15 rings (SSSR count). The van der Waals surface area contributed by atoms with Crippen molar-refractivity contribution < 1.29 is 81.0 Å². The molecule has 5 aliphatic carbocycles. The summed E-state index contributed by atoms with van der Waals surface area (Å²) in [6.07, 6.45) is 17.7. The first kappa shape index (κ1) is 114. The van der Waals surface area contributed by atoms with E-state index in [1.807, 2.05) is 297 Å². The zero-order valence-electron chi connectivity index (χ0n) is 84.6. The average Bonchev–Trinajstić information content (AvgIpc) is 1.73. The summed E-state index contributed by atoms with van der Waals surface area (Å²) in [7, 11) is 0. The van der Waals surface area contributed by atoms with Gasteiger partial charge in [0.1, 0.15) is 31.2 Å². The lowest BCUT2D eigenvalue weighted by atomic mass is 9.86. The molecule has 141 heavy (non-hydrogen) atoms. The smallest absolute Gasteiger partial charge is 0.413 e. The van der Waals surface area contributed by atoms with Gasteiger partial charge in [-0.1, -0.05) is 187 Å². The van der Waals surface area contributed by atoms with Crippen molar-refractivity contribution >= 4 is 106 Å². The summed E-state index contributed by atoms with van der Waals surface area (Å²) in [4.78, 5) is 109. The maximum atomic E-state index is 11.6. The molecule has 760 valence electrons. The third kappa shape index (κ3) is 52.6. The molecule has 5 saturated carbocycles. The highest BCUT2D eigenvalue weighted by atomic mass is 16.6.